The summed E-state index contributed by atoms with van der Waals surface area (Å²) in [5, 5.41) is 9.19. The van der Waals surface area contributed by atoms with Gasteiger partial charge in [-0.05, 0) is 56.2 Å². The number of aromatic carboxylic acids is 1. The van der Waals surface area contributed by atoms with Crippen LogP contribution in [0.2, 0.25) is 0 Å². The van der Waals surface area contributed by atoms with Gasteiger partial charge in [0, 0.05) is 11.8 Å². The minimum atomic E-state index is -1.08. The van der Waals surface area contributed by atoms with Crippen LogP contribution < -0.4 is 10.3 Å². The van der Waals surface area contributed by atoms with Crippen LogP contribution in [0.4, 0.5) is 0 Å². The molecule has 0 unspecified atom stereocenters. The summed E-state index contributed by atoms with van der Waals surface area (Å²) >= 11 is 0. The summed E-state index contributed by atoms with van der Waals surface area (Å²) in [5.41, 5.74) is 2.32. The number of rotatable bonds is 7. The zero-order valence-electron chi connectivity index (χ0n) is 16.8. The first kappa shape index (κ1) is 20.3. The van der Waals surface area contributed by atoms with Gasteiger partial charge in [-0.2, -0.15) is 0 Å². The monoisotopic (exact) mass is 392 g/mol. The van der Waals surface area contributed by atoms with E-state index in [0.29, 0.717) is 23.3 Å². The Morgan fingerprint density at radius 2 is 2.03 bits per heavy atom. The van der Waals surface area contributed by atoms with Gasteiger partial charge in [-0.1, -0.05) is 31.6 Å². The summed E-state index contributed by atoms with van der Waals surface area (Å²) in [4.78, 5) is 28.8. The number of hydrogen-bond donors (Lipinski definition) is 1. The molecular weight excluding hydrogens is 368 g/mol. The Bertz CT molecular complexity index is 1130. The van der Waals surface area contributed by atoms with Crippen molar-refractivity contribution in [2.45, 2.75) is 39.7 Å². The molecule has 0 fully saturated rings. The minimum Gasteiger partial charge on any atom is -0.491 e. The molecule has 6 nitrogen and oxygen atoms in total. The molecule has 2 aromatic heterocycles. The quantitative estimate of drug-likeness (QED) is 0.648. The van der Waals surface area contributed by atoms with Gasteiger partial charge in [0.2, 0.25) is 0 Å². The first-order valence-corrected chi connectivity index (χ1v) is 9.62. The van der Waals surface area contributed by atoms with E-state index in [1.165, 1.54) is 16.7 Å². The first-order chi connectivity index (χ1) is 13.9. The molecule has 0 aliphatic carbocycles. The van der Waals surface area contributed by atoms with Crippen molar-refractivity contribution < 1.29 is 14.6 Å². The van der Waals surface area contributed by atoms with E-state index in [1.807, 2.05) is 57.2 Å². The van der Waals surface area contributed by atoms with E-state index in [0.717, 1.165) is 17.7 Å². The Morgan fingerprint density at radius 3 is 2.72 bits per heavy atom. The number of carboxylic acids is 1. The van der Waals surface area contributed by atoms with Gasteiger partial charge in [-0.25, -0.2) is 9.78 Å². The van der Waals surface area contributed by atoms with Crippen molar-refractivity contribution in [3.63, 3.8) is 0 Å². The number of carboxylic acid groups (broad SMARTS) is 1. The summed E-state index contributed by atoms with van der Waals surface area (Å²) in [7, 11) is 0. The lowest BCUT2D eigenvalue weighted by Gasteiger charge is -2.10. The van der Waals surface area contributed by atoms with Crippen molar-refractivity contribution in [3.8, 4) is 5.75 Å². The zero-order valence-corrected chi connectivity index (χ0v) is 16.8. The van der Waals surface area contributed by atoms with Crippen molar-refractivity contribution in [3.05, 3.63) is 75.3 Å². The second-order valence-electron chi connectivity index (χ2n) is 7.05. The third kappa shape index (κ3) is 4.71. The van der Waals surface area contributed by atoms with Crippen LogP contribution in [-0.4, -0.2) is 26.6 Å². The van der Waals surface area contributed by atoms with E-state index < -0.39 is 5.97 Å². The smallest absolute Gasteiger partial charge is 0.337 e. The average Bonchev–Trinajstić information content (AvgIpc) is 2.68. The van der Waals surface area contributed by atoms with Crippen LogP contribution in [0.5, 0.6) is 5.75 Å². The lowest BCUT2D eigenvalue weighted by molar-refractivity contribution is 0.0696. The van der Waals surface area contributed by atoms with Gasteiger partial charge in [-0.3, -0.25) is 9.20 Å². The lowest BCUT2D eigenvalue weighted by atomic mass is 10.1. The fraction of sp³-hybridized carbons (Fsp3) is 0.261. The van der Waals surface area contributed by atoms with E-state index in [1.54, 1.807) is 6.07 Å². The summed E-state index contributed by atoms with van der Waals surface area (Å²) in [5.74, 6) is -0.299. The Labute approximate surface area is 169 Å². The fourth-order valence-electron chi connectivity index (χ4n) is 3.08. The lowest BCUT2D eigenvalue weighted by Crippen LogP contribution is -2.22. The van der Waals surface area contributed by atoms with Gasteiger partial charge in [-0.15, -0.1) is 0 Å². The van der Waals surface area contributed by atoms with Crippen molar-refractivity contribution in [2.75, 3.05) is 0 Å². The maximum Gasteiger partial charge on any atom is 0.337 e. The molecule has 0 atom stereocenters. The molecular formula is C23H24N2O4. The van der Waals surface area contributed by atoms with Crippen molar-refractivity contribution in [1.29, 1.82) is 0 Å². The Morgan fingerprint density at radius 1 is 1.24 bits per heavy atom. The number of ether oxygens (including phenoxy) is 1. The molecule has 2 heterocycles. The molecule has 0 aliphatic heterocycles. The molecule has 3 rings (SSSR count). The van der Waals surface area contributed by atoms with Crippen molar-refractivity contribution in [2.24, 2.45) is 0 Å². The third-order valence-electron chi connectivity index (χ3n) is 4.36. The number of benzene rings is 1. The van der Waals surface area contributed by atoms with Gasteiger partial charge in [0.1, 0.15) is 11.4 Å². The fourth-order valence-corrected chi connectivity index (χ4v) is 3.08. The molecule has 0 saturated carbocycles. The molecule has 0 aliphatic rings. The summed E-state index contributed by atoms with van der Waals surface area (Å²) in [6.45, 7) is 5.94. The van der Waals surface area contributed by atoms with Crippen molar-refractivity contribution in [1.82, 2.24) is 9.38 Å². The van der Waals surface area contributed by atoms with Gasteiger partial charge >= 0.3 is 5.97 Å². The van der Waals surface area contributed by atoms with E-state index >= 15 is 0 Å². The molecule has 0 spiro atoms. The highest BCUT2D eigenvalue weighted by atomic mass is 16.5. The average molecular weight is 392 g/mol. The van der Waals surface area contributed by atoms with Crippen LogP contribution in [0.1, 0.15) is 54.4 Å². The molecule has 150 valence electrons. The first-order valence-electron chi connectivity index (χ1n) is 9.62. The highest BCUT2D eigenvalue weighted by Crippen LogP contribution is 2.18. The SMILES string of the molecule is CCCc1c(/C=C/c2cccc(OC(C)C)c2)nc2ccc(C(=O)O)cn2c1=O. The Balaban J connectivity index is 2.05. The number of hydrogen-bond acceptors (Lipinski definition) is 4. The van der Waals surface area contributed by atoms with Gasteiger partial charge in [0.15, 0.2) is 0 Å². The molecule has 1 N–H and O–H groups in total. The molecule has 6 heteroatoms. The van der Waals surface area contributed by atoms with Gasteiger partial charge < -0.3 is 9.84 Å². The van der Waals surface area contributed by atoms with E-state index in [4.69, 9.17) is 4.74 Å². The number of fused-ring (bicyclic) bond motifs is 1. The molecule has 0 bridgehead atoms. The molecule has 0 saturated heterocycles. The largest absolute Gasteiger partial charge is 0.491 e. The highest BCUT2D eigenvalue weighted by Gasteiger charge is 2.12. The van der Waals surface area contributed by atoms with E-state index in [-0.39, 0.29) is 17.2 Å². The zero-order chi connectivity index (χ0) is 21.0. The van der Waals surface area contributed by atoms with Crippen LogP contribution in [0.3, 0.4) is 0 Å². The van der Waals surface area contributed by atoms with Crippen LogP contribution in [-0.2, 0) is 6.42 Å². The number of nitrogens with zero attached hydrogens (tertiary/aromatic N) is 2. The second kappa shape index (κ2) is 8.73. The number of pyridine rings is 1. The maximum absolute atomic E-state index is 13.0. The number of aromatic nitrogens is 2. The molecule has 3 aromatic rings. The topological polar surface area (TPSA) is 80.9 Å². The predicted octanol–water partition coefficient (Wildman–Crippen LogP) is 4.30. The van der Waals surface area contributed by atoms with Crippen LogP contribution in [0, 0.1) is 0 Å². The summed E-state index contributed by atoms with van der Waals surface area (Å²) < 4.78 is 7.03. The molecule has 0 radical (unpaired) electrons. The van der Waals surface area contributed by atoms with Crippen LogP contribution in [0.25, 0.3) is 17.8 Å². The summed E-state index contributed by atoms with van der Waals surface area (Å²) in [6.07, 6.45) is 6.47. The van der Waals surface area contributed by atoms with E-state index in [9.17, 15) is 14.7 Å². The van der Waals surface area contributed by atoms with Gasteiger partial charge in [0.05, 0.1) is 17.4 Å². The number of carbonyl (C=O) groups is 1. The molecule has 0 amide bonds. The second-order valence-corrected chi connectivity index (χ2v) is 7.05. The molecule has 29 heavy (non-hydrogen) atoms. The molecule has 1 aromatic carbocycles. The summed E-state index contributed by atoms with van der Waals surface area (Å²) in [6, 6.07) is 10.7. The van der Waals surface area contributed by atoms with Crippen LogP contribution >= 0.6 is 0 Å². The highest BCUT2D eigenvalue weighted by molar-refractivity contribution is 5.87. The minimum absolute atomic E-state index is 0.0501. The van der Waals surface area contributed by atoms with Gasteiger partial charge in [0.25, 0.3) is 5.56 Å². The van der Waals surface area contributed by atoms with Crippen LogP contribution in [0.15, 0.2) is 47.4 Å². The Kier molecular flexibility index (Phi) is 6.12. The van der Waals surface area contributed by atoms with Crippen molar-refractivity contribution >= 4 is 23.8 Å². The standard InChI is InChI=1S/C23H24N2O4/c1-4-6-19-20(11-9-16-7-5-8-18(13-16)29-15(2)3)24-21-12-10-17(23(27)28)14-25(21)22(19)26/h5,7-15H,4,6H2,1-3H3,(H,27,28)/b11-9+. The third-order valence-corrected chi connectivity index (χ3v) is 4.36. The predicted molar refractivity (Wildman–Crippen MR) is 114 cm³/mol. The Hall–Kier alpha value is -3.41. The maximum atomic E-state index is 13.0. The van der Waals surface area contributed by atoms with E-state index in [2.05, 4.69) is 4.98 Å². The normalized spacial score (nSPS) is 11.4.